The minimum atomic E-state index is -0.552. The molecule has 0 bridgehead atoms. The molecule has 172 valence electrons. The molecule has 4 rings (SSSR count). The van der Waals surface area contributed by atoms with Gasteiger partial charge < -0.3 is 43.8 Å². The van der Waals surface area contributed by atoms with Crippen molar-refractivity contribution >= 4 is 29.4 Å². The summed E-state index contributed by atoms with van der Waals surface area (Å²) >= 11 is 0. The summed E-state index contributed by atoms with van der Waals surface area (Å²) in [4.78, 5) is 29.6. The third kappa shape index (κ3) is 5.05. The first-order valence-electron chi connectivity index (χ1n) is 10.7. The van der Waals surface area contributed by atoms with Gasteiger partial charge in [-0.15, -0.1) is 0 Å². The number of anilines is 4. The van der Waals surface area contributed by atoms with Gasteiger partial charge in [-0.3, -0.25) is 4.79 Å². The fraction of sp³-hybridized carbons (Fsp3) is 0.500. The van der Waals surface area contributed by atoms with Gasteiger partial charge in [-0.2, -0.15) is 15.0 Å². The number of carbonyl (C=O) groups is 1. The second-order valence-corrected chi connectivity index (χ2v) is 8.62. The number of rotatable bonds is 5. The summed E-state index contributed by atoms with van der Waals surface area (Å²) in [7, 11) is 0. The summed E-state index contributed by atoms with van der Waals surface area (Å²) in [5.74, 6) is 0.627. The number of primary amides is 1. The average molecular weight is 442 g/mol. The molecule has 4 atom stereocenters. The number of hydrogen-bond donors (Lipinski definition) is 6. The van der Waals surface area contributed by atoms with E-state index in [4.69, 9.17) is 33.7 Å². The second kappa shape index (κ2) is 9.20. The molecular weight excluding hydrogens is 410 g/mol. The molecule has 0 aliphatic carbocycles. The van der Waals surface area contributed by atoms with Gasteiger partial charge in [0.2, 0.25) is 17.8 Å². The average Bonchev–Trinajstić information content (AvgIpc) is 2.72. The lowest BCUT2D eigenvalue weighted by Crippen LogP contribution is -2.54. The molecule has 1 aromatic carbocycles. The highest BCUT2D eigenvalue weighted by atomic mass is 16.1. The van der Waals surface area contributed by atoms with Crippen LogP contribution in [0.4, 0.5) is 23.5 Å². The van der Waals surface area contributed by atoms with Gasteiger partial charge in [-0.1, -0.05) is 12.1 Å². The van der Waals surface area contributed by atoms with Crippen LogP contribution in [0.5, 0.6) is 0 Å². The standard InChI is InChI=1S/C20H31N11O/c21-11-5-12(22)8-30(7-11)19-27-18(26-16-4-2-1-3-15(16)17(25)32)28-20(29-19)31-9-13(23)6-14(24)10-31/h1-4,11-14H,5-10,21-24H2,(H2,25,32)(H,26,27,28,29). The highest BCUT2D eigenvalue weighted by Crippen LogP contribution is 2.25. The normalized spacial score (nSPS) is 26.1. The maximum Gasteiger partial charge on any atom is 0.250 e. The number of nitrogens with two attached hydrogens (primary N) is 5. The fourth-order valence-electron chi connectivity index (χ4n) is 4.30. The molecule has 0 saturated carbocycles. The van der Waals surface area contributed by atoms with Crippen LogP contribution < -0.4 is 43.8 Å². The van der Waals surface area contributed by atoms with E-state index < -0.39 is 5.91 Å². The first kappa shape index (κ1) is 22.1. The van der Waals surface area contributed by atoms with Gasteiger partial charge in [0, 0.05) is 50.3 Å². The molecule has 3 heterocycles. The van der Waals surface area contributed by atoms with Gasteiger partial charge in [0.05, 0.1) is 11.3 Å². The summed E-state index contributed by atoms with van der Waals surface area (Å²) in [5, 5.41) is 3.12. The molecule has 2 fully saturated rings. The molecule has 12 nitrogen and oxygen atoms in total. The van der Waals surface area contributed by atoms with Gasteiger partial charge >= 0.3 is 0 Å². The van der Waals surface area contributed by atoms with E-state index in [2.05, 4.69) is 15.3 Å². The predicted octanol–water partition coefficient (Wildman–Crippen LogP) is -1.56. The van der Waals surface area contributed by atoms with E-state index in [9.17, 15) is 4.79 Å². The van der Waals surface area contributed by atoms with E-state index in [-0.39, 0.29) is 30.1 Å². The molecular formula is C20H31N11O. The van der Waals surface area contributed by atoms with Crippen molar-refractivity contribution in [2.45, 2.75) is 37.0 Å². The molecule has 32 heavy (non-hydrogen) atoms. The van der Waals surface area contributed by atoms with Crippen LogP contribution in [0.25, 0.3) is 0 Å². The quantitative estimate of drug-likeness (QED) is 0.313. The molecule has 1 aromatic heterocycles. The largest absolute Gasteiger partial charge is 0.366 e. The number of hydrogen-bond acceptors (Lipinski definition) is 11. The zero-order chi connectivity index (χ0) is 22.8. The van der Waals surface area contributed by atoms with E-state index in [1.807, 2.05) is 9.80 Å². The van der Waals surface area contributed by atoms with Crippen LogP contribution in [-0.2, 0) is 0 Å². The van der Waals surface area contributed by atoms with Gasteiger partial charge in [-0.25, -0.2) is 0 Å². The Hall–Kier alpha value is -3.06. The molecule has 1 amide bonds. The van der Waals surface area contributed by atoms with Crippen LogP contribution in [-0.4, -0.2) is 71.2 Å². The Morgan fingerprint density at radius 3 is 1.75 bits per heavy atom. The lowest BCUT2D eigenvalue weighted by Gasteiger charge is -2.37. The SMILES string of the molecule is NC(=O)c1ccccc1Nc1nc(N2CC(N)CC(N)C2)nc(N2CC(N)CC(N)C2)n1. The minimum absolute atomic E-state index is 0.0807. The Bertz CT molecular complexity index is 906. The molecule has 2 saturated heterocycles. The van der Waals surface area contributed by atoms with E-state index in [1.54, 1.807) is 24.3 Å². The summed E-state index contributed by atoms with van der Waals surface area (Å²) in [6, 6.07) is 6.59. The number of piperidine rings is 2. The zero-order valence-electron chi connectivity index (χ0n) is 17.9. The Labute approximate surface area is 186 Å². The molecule has 0 spiro atoms. The summed E-state index contributed by atoms with van der Waals surface area (Å²) < 4.78 is 0. The maximum absolute atomic E-state index is 11.8. The van der Waals surface area contributed by atoms with Crippen molar-refractivity contribution < 1.29 is 4.79 Å². The summed E-state index contributed by atoms with van der Waals surface area (Å²) in [6.45, 7) is 2.31. The van der Waals surface area contributed by atoms with Crippen LogP contribution >= 0.6 is 0 Å². The van der Waals surface area contributed by atoms with Crippen molar-refractivity contribution in [2.75, 3.05) is 41.3 Å². The molecule has 12 heteroatoms. The van der Waals surface area contributed by atoms with E-state index in [0.29, 0.717) is 49.3 Å². The van der Waals surface area contributed by atoms with Crippen molar-refractivity contribution in [3.8, 4) is 0 Å². The molecule has 0 radical (unpaired) electrons. The van der Waals surface area contributed by atoms with Crippen molar-refractivity contribution in [1.29, 1.82) is 0 Å². The Morgan fingerprint density at radius 1 is 0.812 bits per heavy atom. The lowest BCUT2D eigenvalue weighted by molar-refractivity contribution is 0.100. The van der Waals surface area contributed by atoms with Crippen molar-refractivity contribution in [2.24, 2.45) is 28.7 Å². The zero-order valence-corrected chi connectivity index (χ0v) is 17.9. The first-order chi connectivity index (χ1) is 15.3. The van der Waals surface area contributed by atoms with Gasteiger partial charge in [0.1, 0.15) is 0 Å². The van der Waals surface area contributed by atoms with Crippen LogP contribution in [0.3, 0.4) is 0 Å². The Morgan fingerprint density at radius 2 is 1.28 bits per heavy atom. The van der Waals surface area contributed by atoms with Gasteiger partial charge in [0.15, 0.2) is 0 Å². The lowest BCUT2D eigenvalue weighted by atomic mass is 10.0. The molecule has 4 unspecified atom stereocenters. The van der Waals surface area contributed by atoms with Crippen molar-refractivity contribution in [1.82, 2.24) is 15.0 Å². The second-order valence-electron chi connectivity index (χ2n) is 8.62. The Kier molecular flexibility index (Phi) is 6.37. The third-order valence-corrected chi connectivity index (χ3v) is 5.65. The predicted molar refractivity (Wildman–Crippen MR) is 124 cm³/mol. The van der Waals surface area contributed by atoms with Crippen LogP contribution in [0.1, 0.15) is 23.2 Å². The van der Waals surface area contributed by atoms with Crippen molar-refractivity contribution in [3.05, 3.63) is 29.8 Å². The molecule has 11 N–H and O–H groups in total. The number of benzene rings is 1. The molecule has 2 aliphatic heterocycles. The number of aromatic nitrogens is 3. The third-order valence-electron chi connectivity index (χ3n) is 5.65. The van der Waals surface area contributed by atoms with E-state index in [0.717, 1.165) is 12.8 Å². The number of amides is 1. The number of carbonyl (C=O) groups excluding carboxylic acids is 1. The van der Waals surface area contributed by atoms with E-state index >= 15 is 0 Å². The van der Waals surface area contributed by atoms with Crippen LogP contribution in [0, 0.1) is 0 Å². The van der Waals surface area contributed by atoms with Crippen molar-refractivity contribution in [3.63, 3.8) is 0 Å². The fourth-order valence-corrected chi connectivity index (χ4v) is 4.30. The first-order valence-corrected chi connectivity index (χ1v) is 10.7. The van der Waals surface area contributed by atoms with E-state index in [1.165, 1.54) is 0 Å². The number of para-hydroxylation sites is 1. The van der Waals surface area contributed by atoms with Gasteiger partial charge in [0.25, 0.3) is 5.91 Å². The minimum Gasteiger partial charge on any atom is -0.366 e. The van der Waals surface area contributed by atoms with Crippen LogP contribution in [0.2, 0.25) is 0 Å². The molecule has 2 aromatic rings. The highest BCUT2D eigenvalue weighted by Gasteiger charge is 2.29. The monoisotopic (exact) mass is 441 g/mol. The van der Waals surface area contributed by atoms with Crippen LogP contribution in [0.15, 0.2) is 24.3 Å². The molecule has 2 aliphatic rings. The number of nitrogens with one attached hydrogen (secondary N) is 1. The number of nitrogens with zero attached hydrogens (tertiary/aromatic N) is 5. The summed E-state index contributed by atoms with van der Waals surface area (Å²) in [6.07, 6.45) is 1.47. The Balaban J connectivity index is 1.71. The van der Waals surface area contributed by atoms with Gasteiger partial charge in [-0.05, 0) is 25.0 Å². The topological polar surface area (TPSA) is 204 Å². The highest BCUT2D eigenvalue weighted by molar-refractivity contribution is 5.99. The smallest absolute Gasteiger partial charge is 0.250 e. The summed E-state index contributed by atoms with van der Waals surface area (Å²) in [5.41, 5.74) is 31.1. The maximum atomic E-state index is 11.8.